The summed E-state index contributed by atoms with van der Waals surface area (Å²) in [6.45, 7) is 2.62. The van der Waals surface area contributed by atoms with E-state index in [9.17, 15) is 9.18 Å². The fraction of sp³-hybridized carbons (Fsp3) is 0.368. The monoisotopic (exact) mass is 357 g/mol. The molecule has 130 valence electrons. The third-order valence-electron chi connectivity index (χ3n) is 4.60. The first kappa shape index (κ1) is 16.3. The van der Waals surface area contributed by atoms with Crippen molar-refractivity contribution in [3.8, 4) is 0 Å². The quantitative estimate of drug-likeness (QED) is 0.740. The van der Waals surface area contributed by atoms with E-state index in [4.69, 9.17) is 4.98 Å². The van der Waals surface area contributed by atoms with Crippen LogP contribution in [0.2, 0.25) is 0 Å². The van der Waals surface area contributed by atoms with Gasteiger partial charge in [0, 0.05) is 17.1 Å². The molecule has 2 aromatic heterocycles. The lowest BCUT2D eigenvalue weighted by Gasteiger charge is -2.14. The van der Waals surface area contributed by atoms with Crippen LogP contribution in [0.1, 0.15) is 36.6 Å². The van der Waals surface area contributed by atoms with Crippen LogP contribution in [-0.2, 0) is 19.4 Å². The smallest absolute Gasteiger partial charge is 0.263 e. The molecule has 0 saturated heterocycles. The predicted molar refractivity (Wildman–Crippen MR) is 100 cm³/mol. The minimum absolute atomic E-state index is 0.0187. The number of hydrogen-bond donors (Lipinski definition) is 1. The van der Waals surface area contributed by atoms with Gasteiger partial charge in [-0.3, -0.25) is 9.36 Å². The molecule has 1 N–H and O–H groups in total. The van der Waals surface area contributed by atoms with Crippen LogP contribution in [0.25, 0.3) is 10.2 Å². The lowest BCUT2D eigenvalue weighted by molar-refractivity contribution is 0.628. The molecule has 2 heterocycles. The molecule has 0 bridgehead atoms. The van der Waals surface area contributed by atoms with Gasteiger partial charge in [-0.1, -0.05) is 13.0 Å². The molecule has 3 aromatic rings. The van der Waals surface area contributed by atoms with Crippen molar-refractivity contribution in [3.63, 3.8) is 0 Å². The molecule has 0 fully saturated rings. The molecule has 4 rings (SSSR count). The lowest BCUT2D eigenvalue weighted by atomic mass is 9.97. The Hall–Kier alpha value is -2.21. The number of rotatable bonds is 4. The van der Waals surface area contributed by atoms with Gasteiger partial charge in [0.15, 0.2) is 0 Å². The van der Waals surface area contributed by atoms with Gasteiger partial charge in [0.2, 0.25) is 5.95 Å². The molecule has 25 heavy (non-hydrogen) atoms. The molecule has 0 saturated carbocycles. The number of fused-ring (bicyclic) bond motifs is 3. The molecular weight excluding hydrogens is 337 g/mol. The Bertz CT molecular complexity index is 992. The zero-order valence-corrected chi connectivity index (χ0v) is 15.0. The number of thiophene rings is 1. The minimum atomic E-state index is -0.318. The van der Waals surface area contributed by atoms with Crippen molar-refractivity contribution >= 4 is 33.2 Å². The topological polar surface area (TPSA) is 46.9 Å². The Balaban J connectivity index is 1.88. The number of benzene rings is 1. The Morgan fingerprint density at radius 2 is 2.16 bits per heavy atom. The second-order valence-electron chi connectivity index (χ2n) is 6.42. The average molecular weight is 357 g/mol. The highest BCUT2D eigenvalue weighted by molar-refractivity contribution is 7.18. The van der Waals surface area contributed by atoms with Gasteiger partial charge in [-0.05, 0) is 55.9 Å². The van der Waals surface area contributed by atoms with E-state index < -0.39 is 0 Å². The number of anilines is 2. The van der Waals surface area contributed by atoms with Gasteiger partial charge in [-0.2, -0.15) is 0 Å². The van der Waals surface area contributed by atoms with E-state index in [1.807, 2.05) is 6.92 Å². The summed E-state index contributed by atoms with van der Waals surface area (Å²) in [6, 6.07) is 6.22. The molecule has 1 aromatic carbocycles. The zero-order chi connectivity index (χ0) is 17.4. The van der Waals surface area contributed by atoms with Gasteiger partial charge >= 0.3 is 0 Å². The second kappa shape index (κ2) is 6.59. The minimum Gasteiger partial charge on any atom is -0.325 e. The zero-order valence-electron chi connectivity index (χ0n) is 14.1. The van der Waals surface area contributed by atoms with Crippen molar-refractivity contribution in [3.05, 3.63) is 50.9 Å². The average Bonchev–Trinajstić information content (AvgIpc) is 2.96. The van der Waals surface area contributed by atoms with Gasteiger partial charge in [-0.15, -0.1) is 11.3 Å². The maximum atomic E-state index is 13.5. The maximum absolute atomic E-state index is 13.5. The fourth-order valence-corrected chi connectivity index (χ4v) is 4.71. The molecule has 1 aliphatic rings. The van der Waals surface area contributed by atoms with Gasteiger partial charge in [0.25, 0.3) is 5.56 Å². The highest BCUT2D eigenvalue weighted by Gasteiger charge is 2.22. The summed E-state index contributed by atoms with van der Waals surface area (Å²) in [4.78, 5) is 20.0. The molecule has 0 atom stereocenters. The predicted octanol–water partition coefficient (Wildman–Crippen LogP) is 4.63. The number of hydrogen-bond acceptors (Lipinski definition) is 4. The highest BCUT2D eigenvalue weighted by atomic mass is 32.1. The third-order valence-corrected chi connectivity index (χ3v) is 5.79. The molecule has 1 aliphatic carbocycles. The first-order valence-corrected chi connectivity index (χ1v) is 9.56. The van der Waals surface area contributed by atoms with Crippen LogP contribution in [0.15, 0.2) is 29.1 Å². The molecule has 4 nitrogen and oxygen atoms in total. The summed E-state index contributed by atoms with van der Waals surface area (Å²) in [6.07, 6.45) is 5.15. The van der Waals surface area contributed by atoms with E-state index in [0.29, 0.717) is 18.2 Å². The van der Waals surface area contributed by atoms with Gasteiger partial charge in [-0.25, -0.2) is 9.37 Å². The van der Waals surface area contributed by atoms with E-state index in [0.717, 1.165) is 35.9 Å². The molecule has 0 unspecified atom stereocenters. The fourth-order valence-electron chi connectivity index (χ4n) is 3.46. The van der Waals surface area contributed by atoms with E-state index >= 15 is 0 Å². The third kappa shape index (κ3) is 2.95. The normalized spacial score (nSPS) is 13.8. The van der Waals surface area contributed by atoms with Crippen molar-refractivity contribution in [1.82, 2.24) is 9.55 Å². The molecule has 6 heteroatoms. The van der Waals surface area contributed by atoms with Crippen LogP contribution in [0.5, 0.6) is 0 Å². The number of nitrogens with zero attached hydrogens (tertiary/aromatic N) is 2. The Morgan fingerprint density at radius 3 is 2.96 bits per heavy atom. The largest absolute Gasteiger partial charge is 0.325 e. The number of halogens is 1. The van der Waals surface area contributed by atoms with Crippen molar-refractivity contribution in [2.75, 3.05) is 5.32 Å². The van der Waals surface area contributed by atoms with E-state index in [1.165, 1.54) is 29.0 Å². The molecular formula is C19H20FN3OS. The van der Waals surface area contributed by atoms with Crippen LogP contribution < -0.4 is 10.9 Å². The van der Waals surface area contributed by atoms with Crippen molar-refractivity contribution in [2.24, 2.45) is 0 Å². The van der Waals surface area contributed by atoms with Crippen molar-refractivity contribution < 1.29 is 4.39 Å². The number of aromatic nitrogens is 2. The van der Waals surface area contributed by atoms with Gasteiger partial charge < -0.3 is 5.32 Å². The van der Waals surface area contributed by atoms with E-state index in [-0.39, 0.29) is 11.4 Å². The summed E-state index contributed by atoms with van der Waals surface area (Å²) >= 11 is 1.63. The SMILES string of the molecule is CCCn1c(Nc2cccc(F)c2)nc2sc3c(c2c1=O)CCCC3. The molecule has 0 spiro atoms. The number of aryl methyl sites for hydroxylation is 2. The molecule has 0 amide bonds. The van der Waals surface area contributed by atoms with Gasteiger partial charge in [0.05, 0.1) is 5.39 Å². The summed E-state index contributed by atoms with van der Waals surface area (Å²) in [7, 11) is 0. The van der Waals surface area contributed by atoms with Crippen LogP contribution in [-0.4, -0.2) is 9.55 Å². The molecule has 0 radical (unpaired) electrons. The summed E-state index contributed by atoms with van der Waals surface area (Å²) < 4.78 is 15.2. The first-order valence-electron chi connectivity index (χ1n) is 8.75. The van der Waals surface area contributed by atoms with Crippen molar-refractivity contribution in [1.29, 1.82) is 0 Å². The van der Waals surface area contributed by atoms with E-state index in [1.54, 1.807) is 28.0 Å². The first-order chi connectivity index (χ1) is 12.2. The maximum Gasteiger partial charge on any atom is 0.263 e. The van der Waals surface area contributed by atoms with Crippen LogP contribution in [0.3, 0.4) is 0 Å². The highest BCUT2D eigenvalue weighted by Crippen LogP contribution is 2.34. The standard InChI is InChI=1S/C19H20FN3OS/c1-2-10-23-18(24)16-14-8-3-4-9-15(14)25-17(16)22-19(23)21-13-7-5-6-12(20)11-13/h5-7,11H,2-4,8-10H2,1H3,(H,21,22). The lowest BCUT2D eigenvalue weighted by Crippen LogP contribution is -2.24. The Morgan fingerprint density at radius 1 is 1.32 bits per heavy atom. The summed E-state index contributed by atoms with van der Waals surface area (Å²) in [5.41, 5.74) is 1.81. The van der Waals surface area contributed by atoms with Crippen LogP contribution in [0.4, 0.5) is 16.0 Å². The van der Waals surface area contributed by atoms with Crippen LogP contribution in [0, 0.1) is 5.82 Å². The summed E-state index contributed by atoms with van der Waals surface area (Å²) in [5, 5.41) is 3.92. The van der Waals surface area contributed by atoms with Crippen LogP contribution >= 0.6 is 11.3 Å². The van der Waals surface area contributed by atoms with Gasteiger partial charge in [0.1, 0.15) is 10.6 Å². The summed E-state index contributed by atoms with van der Waals surface area (Å²) in [5.74, 6) is 0.172. The van der Waals surface area contributed by atoms with E-state index in [2.05, 4.69) is 5.32 Å². The van der Waals surface area contributed by atoms with Crippen molar-refractivity contribution in [2.45, 2.75) is 45.6 Å². The Kier molecular flexibility index (Phi) is 4.29. The molecule has 0 aliphatic heterocycles. The Labute approximate surface area is 149 Å². The number of nitrogens with one attached hydrogen (secondary N) is 1. The second-order valence-corrected chi connectivity index (χ2v) is 7.50.